The van der Waals surface area contributed by atoms with Gasteiger partial charge in [-0.2, -0.15) is 0 Å². The number of rotatable bonds is 7. The van der Waals surface area contributed by atoms with Gasteiger partial charge in [0.2, 0.25) is 11.8 Å². The van der Waals surface area contributed by atoms with Crippen LogP contribution in [-0.4, -0.2) is 35.6 Å². The van der Waals surface area contributed by atoms with Crippen LogP contribution in [0.4, 0.5) is 0 Å². The van der Waals surface area contributed by atoms with E-state index in [1.165, 1.54) is 11.8 Å². The first kappa shape index (κ1) is 20.8. The van der Waals surface area contributed by atoms with Crippen LogP contribution in [0.15, 0.2) is 57.9 Å². The predicted molar refractivity (Wildman–Crippen MR) is 110 cm³/mol. The average Bonchev–Trinajstić information content (AvgIpc) is 2.65. The molecule has 26 heavy (non-hydrogen) atoms. The molecule has 7 heteroatoms. The number of hydrogen-bond donors (Lipinski definition) is 1. The maximum absolute atomic E-state index is 12.8. The average molecular weight is 456 g/mol. The number of hydrogen-bond acceptors (Lipinski definition) is 3. The van der Waals surface area contributed by atoms with Crippen molar-refractivity contribution >= 4 is 51.1 Å². The monoisotopic (exact) mass is 454 g/mol. The lowest BCUT2D eigenvalue weighted by molar-refractivity contribution is -0.138. The van der Waals surface area contributed by atoms with Gasteiger partial charge >= 0.3 is 0 Å². The Hall–Kier alpha value is -1.50. The second kappa shape index (κ2) is 10.00. The highest BCUT2D eigenvalue weighted by Gasteiger charge is 2.25. The molecule has 0 aliphatic rings. The molecular weight excluding hydrogens is 436 g/mol. The molecule has 2 aromatic carbocycles. The maximum atomic E-state index is 12.8. The fraction of sp³-hybridized carbons (Fsp3) is 0.263. The summed E-state index contributed by atoms with van der Waals surface area (Å²) in [7, 11) is 1.57. The quantitative estimate of drug-likeness (QED) is 0.631. The van der Waals surface area contributed by atoms with Gasteiger partial charge in [0.25, 0.3) is 0 Å². The van der Waals surface area contributed by atoms with Gasteiger partial charge in [-0.3, -0.25) is 9.59 Å². The van der Waals surface area contributed by atoms with Gasteiger partial charge in [0, 0.05) is 28.0 Å². The number of benzene rings is 2. The van der Waals surface area contributed by atoms with E-state index in [4.69, 9.17) is 11.6 Å². The first-order chi connectivity index (χ1) is 12.4. The normalized spacial score (nSPS) is 11.7. The molecule has 1 unspecified atom stereocenters. The fourth-order valence-electron chi connectivity index (χ4n) is 2.34. The minimum absolute atomic E-state index is 0.0935. The summed E-state index contributed by atoms with van der Waals surface area (Å²) < 4.78 is 0.969. The van der Waals surface area contributed by atoms with Gasteiger partial charge in [-0.15, -0.1) is 11.8 Å². The number of carbonyl (C=O) groups is 2. The van der Waals surface area contributed by atoms with Crippen molar-refractivity contribution in [1.29, 1.82) is 0 Å². The number of nitrogens with one attached hydrogen (secondary N) is 1. The summed E-state index contributed by atoms with van der Waals surface area (Å²) in [6, 6.07) is 14.5. The maximum Gasteiger partial charge on any atom is 0.242 e. The molecule has 138 valence electrons. The second-order valence-electron chi connectivity index (χ2n) is 5.68. The van der Waals surface area contributed by atoms with Crippen LogP contribution in [0.1, 0.15) is 12.5 Å². The summed E-state index contributed by atoms with van der Waals surface area (Å²) in [5, 5.41) is 3.27. The van der Waals surface area contributed by atoms with Crippen LogP contribution in [0, 0.1) is 0 Å². The zero-order valence-electron chi connectivity index (χ0n) is 14.5. The van der Waals surface area contributed by atoms with E-state index in [-0.39, 0.29) is 17.6 Å². The SMILES string of the molecule is CNC(=O)C(C)N(Cc1ccc(Br)cc1)C(=O)CSc1ccc(Cl)cc1. The summed E-state index contributed by atoms with van der Waals surface area (Å²) in [5.41, 5.74) is 0.966. The highest BCUT2D eigenvalue weighted by atomic mass is 79.9. The molecule has 0 saturated heterocycles. The topological polar surface area (TPSA) is 49.4 Å². The van der Waals surface area contributed by atoms with Gasteiger partial charge in [-0.05, 0) is 48.9 Å². The van der Waals surface area contributed by atoms with Gasteiger partial charge in [-0.1, -0.05) is 39.7 Å². The molecule has 2 amide bonds. The molecule has 0 saturated carbocycles. The highest BCUT2D eigenvalue weighted by Crippen LogP contribution is 2.22. The summed E-state index contributed by atoms with van der Waals surface area (Å²) in [6.07, 6.45) is 0. The highest BCUT2D eigenvalue weighted by molar-refractivity contribution is 9.10. The van der Waals surface area contributed by atoms with Crippen LogP contribution >= 0.6 is 39.3 Å². The number of halogens is 2. The molecule has 1 atom stereocenters. The first-order valence-corrected chi connectivity index (χ1v) is 10.2. The molecule has 2 aromatic rings. The molecule has 1 N–H and O–H groups in total. The minimum Gasteiger partial charge on any atom is -0.357 e. The van der Waals surface area contributed by atoms with Gasteiger partial charge in [0.15, 0.2) is 0 Å². The van der Waals surface area contributed by atoms with E-state index in [2.05, 4.69) is 21.2 Å². The van der Waals surface area contributed by atoms with E-state index >= 15 is 0 Å². The third kappa shape index (κ3) is 6.04. The van der Waals surface area contributed by atoms with Crippen molar-refractivity contribution < 1.29 is 9.59 Å². The molecule has 0 spiro atoms. The van der Waals surface area contributed by atoms with E-state index in [1.54, 1.807) is 31.0 Å². The minimum atomic E-state index is -0.554. The molecule has 0 radical (unpaired) electrons. The van der Waals surface area contributed by atoms with Crippen LogP contribution in [0.3, 0.4) is 0 Å². The summed E-state index contributed by atoms with van der Waals surface area (Å²) >= 11 is 10.7. The molecule has 2 rings (SSSR count). The van der Waals surface area contributed by atoms with Gasteiger partial charge < -0.3 is 10.2 Å². The molecule has 0 heterocycles. The van der Waals surface area contributed by atoms with Crippen LogP contribution in [0.25, 0.3) is 0 Å². The Labute approximate surface area is 171 Å². The zero-order chi connectivity index (χ0) is 19.1. The predicted octanol–water partition coefficient (Wildman–Crippen LogP) is 4.36. The smallest absolute Gasteiger partial charge is 0.242 e. The van der Waals surface area contributed by atoms with Crippen molar-refractivity contribution in [3.05, 3.63) is 63.6 Å². The largest absolute Gasteiger partial charge is 0.357 e. The van der Waals surface area contributed by atoms with Crippen LogP contribution < -0.4 is 5.32 Å². The first-order valence-electron chi connectivity index (χ1n) is 8.04. The number of likely N-dealkylation sites (N-methyl/N-ethyl adjacent to an activating group) is 1. The molecule has 0 fully saturated rings. The van der Waals surface area contributed by atoms with E-state index in [0.717, 1.165) is 14.9 Å². The molecule has 4 nitrogen and oxygen atoms in total. The Bertz CT molecular complexity index is 753. The fourth-order valence-corrected chi connectivity index (χ4v) is 3.51. The number of nitrogens with zero attached hydrogens (tertiary/aromatic N) is 1. The second-order valence-corrected chi connectivity index (χ2v) is 8.08. The summed E-state index contributed by atoms with van der Waals surface area (Å²) in [5.74, 6) is -0.0321. The number of carbonyl (C=O) groups excluding carboxylic acids is 2. The van der Waals surface area contributed by atoms with E-state index in [9.17, 15) is 9.59 Å². The van der Waals surface area contributed by atoms with Crippen molar-refractivity contribution in [2.45, 2.75) is 24.4 Å². The lowest BCUT2D eigenvalue weighted by atomic mass is 10.1. The number of thioether (sulfide) groups is 1. The Morgan fingerprint density at radius 1 is 1.15 bits per heavy atom. The van der Waals surface area contributed by atoms with Crippen molar-refractivity contribution in [1.82, 2.24) is 10.2 Å². The summed E-state index contributed by atoms with van der Waals surface area (Å²) in [4.78, 5) is 27.4. The van der Waals surface area contributed by atoms with E-state index in [1.807, 2.05) is 36.4 Å². The van der Waals surface area contributed by atoms with Crippen LogP contribution in [0.2, 0.25) is 5.02 Å². The molecule has 0 aliphatic heterocycles. The molecular formula is C19H20BrClN2O2S. The van der Waals surface area contributed by atoms with E-state index < -0.39 is 6.04 Å². The van der Waals surface area contributed by atoms with Crippen molar-refractivity contribution in [3.8, 4) is 0 Å². The third-order valence-electron chi connectivity index (χ3n) is 3.86. The third-order valence-corrected chi connectivity index (χ3v) is 5.63. The Morgan fingerprint density at radius 2 is 1.77 bits per heavy atom. The molecule has 0 aromatic heterocycles. The van der Waals surface area contributed by atoms with Gasteiger partial charge in [-0.25, -0.2) is 0 Å². The van der Waals surface area contributed by atoms with Gasteiger partial charge in [0.1, 0.15) is 6.04 Å². The van der Waals surface area contributed by atoms with Crippen molar-refractivity contribution in [2.24, 2.45) is 0 Å². The Balaban J connectivity index is 2.10. The lowest BCUT2D eigenvalue weighted by Crippen LogP contribution is -2.47. The molecule has 0 bridgehead atoms. The van der Waals surface area contributed by atoms with Gasteiger partial charge in [0.05, 0.1) is 5.75 Å². The van der Waals surface area contributed by atoms with Crippen molar-refractivity contribution in [3.63, 3.8) is 0 Å². The zero-order valence-corrected chi connectivity index (χ0v) is 17.7. The standard InChI is InChI=1S/C19H20BrClN2O2S/c1-13(19(25)22-2)23(11-14-3-5-15(20)6-4-14)18(24)12-26-17-9-7-16(21)8-10-17/h3-10,13H,11-12H2,1-2H3,(H,22,25). The van der Waals surface area contributed by atoms with Crippen LogP contribution in [-0.2, 0) is 16.1 Å². The van der Waals surface area contributed by atoms with Crippen LogP contribution in [0.5, 0.6) is 0 Å². The van der Waals surface area contributed by atoms with E-state index in [0.29, 0.717) is 11.6 Å². The Morgan fingerprint density at radius 3 is 2.35 bits per heavy atom. The Kier molecular flexibility index (Phi) is 8.00. The lowest BCUT2D eigenvalue weighted by Gasteiger charge is -2.28. The summed E-state index contributed by atoms with van der Waals surface area (Å²) in [6.45, 7) is 2.12. The van der Waals surface area contributed by atoms with Crippen molar-refractivity contribution in [2.75, 3.05) is 12.8 Å². The number of amides is 2. The molecule has 0 aliphatic carbocycles.